The minimum absolute atomic E-state index is 0.186. The van der Waals surface area contributed by atoms with Gasteiger partial charge in [0.15, 0.2) is 5.96 Å². The lowest BCUT2D eigenvalue weighted by molar-refractivity contribution is 0.122. The van der Waals surface area contributed by atoms with E-state index in [0.717, 1.165) is 37.7 Å². The minimum atomic E-state index is -0.186. The number of halogens is 1. The number of anilines is 1. The summed E-state index contributed by atoms with van der Waals surface area (Å²) < 4.78 is 19.9. The number of nitrogens with zero attached hydrogens (tertiary/aromatic N) is 3. The molecule has 1 saturated heterocycles. The molecule has 158 valence electrons. The van der Waals surface area contributed by atoms with Gasteiger partial charge in [-0.25, -0.2) is 4.39 Å². The van der Waals surface area contributed by atoms with E-state index in [0.29, 0.717) is 37.5 Å². The van der Waals surface area contributed by atoms with Gasteiger partial charge >= 0.3 is 0 Å². The number of aliphatic imine (C=N–C) groups is 1. The molecule has 0 unspecified atom stereocenters. The van der Waals surface area contributed by atoms with Crippen molar-refractivity contribution in [1.29, 1.82) is 0 Å². The maximum Gasteiger partial charge on any atom is 0.191 e. The van der Waals surface area contributed by atoms with E-state index < -0.39 is 0 Å². The molecule has 0 atom stereocenters. The van der Waals surface area contributed by atoms with Gasteiger partial charge in [-0.15, -0.1) is 0 Å². The van der Waals surface area contributed by atoms with Crippen LogP contribution in [-0.2, 0) is 11.3 Å². The summed E-state index contributed by atoms with van der Waals surface area (Å²) in [5.41, 5.74) is 1.54. The summed E-state index contributed by atoms with van der Waals surface area (Å²) in [5, 5.41) is 6.60. The molecule has 2 rings (SSSR count). The largest absolute Gasteiger partial charge is 0.378 e. The van der Waals surface area contributed by atoms with Crippen molar-refractivity contribution in [2.45, 2.75) is 46.3 Å². The van der Waals surface area contributed by atoms with E-state index in [2.05, 4.69) is 48.2 Å². The van der Waals surface area contributed by atoms with Crippen molar-refractivity contribution in [3.05, 3.63) is 29.6 Å². The molecule has 1 heterocycles. The Kier molecular flexibility index (Phi) is 8.99. The van der Waals surface area contributed by atoms with Crippen molar-refractivity contribution in [1.82, 2.24) is 15.5 Å². The fourth-order valence-corrected chi connectivity index (χ4v) is 3.54. The second-order valence-electron chi connectivity index (χ2n) is 7.66. The zero-order valence-electron chi connectivity index (χ0n) is 18.0. The first-order valence-electron chi connectivity index (χ1n) is 10.2. The van der Waals surface area contributed by atoms with Crippen LogP contribution in [0.5, 0.6) is 0 Å². The predicted molar refractivity (Wildman–Crippen MR) is 115 cm³/mol. The van der Waals surface area contributed by atoms with E-state index in [1.165, 1.54) is 0 Å². The van der Waals surface area contributed by atoms with Gasteiger partial charge in [-0.2, -0.15) is 0 Å². The van der Waals surface area contributed by atoms with E-state index in [-0.39, 0.29) is 5.82 Å². The van der Waals surface area contributed by atoms with E-state index in [1.54, 1.807) is 13.1 Å². The fraction of sp³-hybridized carbons (Fsp3) is 0.667. The van der Waals surface area contributed by atoms with Crippen LogP contribution in [0.25, 0.3) is 0 Å². The average molecular weight is 394 g/mol. The third-order valence-corrected chi connectivity index (χ3v) is 5.04. The van der Waals surface area contributed by atoms with Crippen molar-refractivity contribution in [3.8, 4) is 0 Å². The second-order valence-corrected chi connectivity index (χ2v) is 7.66. The average Bonchev–Trinajstić information content (AvgIpc) is 2.67. The molecule has 0 bridgehead atoms. The molecule has 28 heavy (non-hydrogen) atoms. The van der Waals surface area contributed by atoms with Gasteiger partial charge < -0.3 is 20.3 Å². The maximum absolute atomic E-state index is 14.5. The fourth-order valence-electron chi connectivity index (χ4n) is 3.54. The van der Waals surface area contributed by atoms with Crippen LogP contribution in [0, 0.1) is 5.82 Å². The van der Waals surface area contributed by atoms with Gasteiger partial charge in [-0.05, 0) is 45.4 Å². The molecule has 2 N–H and O–H groups in total. The van der Waals surface area contributed by atoms with Crippen molar-refractivity contribution >= 4 is 11.6 Å². The zero-order chi connectivity index (χ0) is 20.5. The molecule has 1 aliphatic rings. The Morgan fingerprint density at radius 1 is 1.18 bits per heavy atom. The molecule has 6 nitrogen and oxygen atoms in total. The van der Waals surface area contributed by atoms with Crippen molar-refractivity contribution in [3.63, 3.8) is 0 Å². The van der Waals surface area contributed by atoms with E-state index in [4.69, 9.17) is 4.74 Å². The van der Waals surface area contributed by atoms with E-state index in [9.17, 15) is 4.39 Å². The maximum atomic E-state index is 14.5. The van der Waals surface area contributed by atoms with Crippen molar-refractivity contribution < 1.29 is 9.13 Å². The standard InChI is InChI=1S/C21H36FN5O/c1-16(2)27(17(3)4)9-8-24-21(23-5)25-15-18-6-7-20(19(22)14-18)26-10-12-28-13-11-26/h6-7,14,16-17H,8-13,15H2,1-5H3,(H2,23,24,25). The highest BCUT2D eigenvalue weighted by atomic mass is 19.1. The van der Waals surface area contributed by atoms with Gasteiger partial charge in [0.1, 0.15) is 5.82 Å². The molecular formula is C21H36FN5O. The molecule has 0 radical (unpaired) electrons. The molecule has 7 heteroatoms. The monoisotopic (exact) mass is 393 g/mol. The number of morpholine rings is 1. The Bertz CT molecular complexity index is 621. The summed E-state index contributed by atoms with van der Waals surface area (Å²) in [6.07, 6.45) is 0. The molecule has 1 aromatic carbocycles. The van der Waals surface area contributed by atoms with Gasteiger partial charge in [0, 0.05) is 51.9 Å². The quantitative estimate of drug-likeness (QED) is 0.525. The van der Waals surface area contributed by atoms with Gasteiger partial charge in [0.05, 0.1) is 18.9 Å². The van der Waals surface area contributed by atoms with Crippen LogP contribution in [0.15, 0.2) is 23.2 Å². The van der Waals surface area contributed by atoms with Crippen LogP contribution in [0.2, 0.25) is 0 Å². The highest BCUT2D eigenvalue weighted by molar-refractivity contribution is 5.79. The lowest BCUT2D eigenvalue weighted by Crippen LogP contribution is -2.45. The number of hydrogen-bond acceptors (Lipinski definition) is 4. The third-order valence-electron chi connectivity index (χ3n) is 5.04. The zero-order valence-corrected chi connectivity index (χ0v) is 18.0. The highest BCUT2D eigenvalue weighted by Crippen LogP contribution is 2.21. The molecule has 0 aliphatic carbocycles. The number of nitrogens with one attached hydrogen (secondary N) is 2. The van der Waals surface area contributed by atoms with Crippen LogP contribution in [-0.4, -0.2) is 69.4 Å². The first kappa shape index (κ1) is 22.4. The topological polar surface area (TPSA) is 52.1 Å². The number of ether oxygens (including phenoxy) is 1. The molecule has 1 fully saturated rings. The first-order valence-corrected chi connectivity index (χ1v) is 10.2. The number of rotatable bonds is 8. The molecule has 0 spiro atoms. The smallest absolute Gasteiger partial charge is 0.191 e. The molecule has 0 aromatic heterocycles. The Morgan fingerprint density at radius 3 is 2.43 bits per heavy atom. The summed E-state index contributed by atoms with van der Waals surface area (Å²) in [6.45, 7) is 13.9. The van der Waals surface area contributed by atoms with Gasteiger partial charge in [0.2, 0.25) is 0 Å². The normalized spacial score (nSPS) is 15.6. The molecule has 0 amide bonds. The second kappa shape index (κ2) is 11.2. The number of guanidine groups is 1. The summed E-state index contributed by atoms with van der Waals surface area (Å²) in [5.74, 6) is 0.541. The molecule has 0 saturated carbocycles. The van der Waals surface area contributed by atoms with Crippen molar-refractivity contribution in [2.24, 2.45) is 4.99 Å². The van der Waals surface area contributed by atoms with Crippen LogP contribution < -0.4 is 15.5 Å². The lowest BCUT2D eigenvalue weighted by atomic mass is 10.1. The van der Waals surface area contributed by atoms with E-state index >= 15 is 0 Å². The Balaban J connectivity index is 1.83. The summed E-state index contributed by atoms with van der Waals surface area (Å²) in [6, 6.07) is 6.43. The third kappa shape index (κ3) is 6.63. The van der Waals surface area contributed by atoms with Crippen LogP contribution in [0.3, 0.4) is 0 Å². The summed E-state index contributed by atoms with van der Waals surface area (Å²) in [4.78, 5) is 8.73. The molecular weight excluding hydrogens is 357 g/mol. The highest BCUT2D eigenvalue weighted by Gasteiger charge is 2.15. The van der Waals surface area contributed by atoms with Crippen LogP contribution >= 0.6 is 0 Å². The molecule has 1 aromatic rings. The van der Waals surface area contributed by atoms with Crippen molar-refractivity contribution in [2.75, 3.05) is 51.3 Å². The Hall–Kier alpha value is -1.86. The Labute approximate surface area is 169 Å². The van der Waals surface area contributed by atoms with Crippen LogP contribution in [0.1, 0.15) is 33.3 Å². The Morgan fingerprint density at radius 2 is 1.86 bits per heavy atom. The summed E-state index contributed by atoms with van der Waals surface area (Å²) in [7, 11) is 1.75. The summed E-state index contributed by atoms with van der Waals surface area (Å²) >= 11 is 0. The van der Waals surface area contributed by atoms with Gasteiger partial charge in [-0.3, -0.25) is 9.89 Å². The van der Waals surface area contributed by atoms with Gasteiger partial charge in [-0.1, -0.05) is 6.07 Å². The minimum Gasteiger partial charge on any atom is -0.378 e. The molecule has 1 aliphatic heterocycles. The van der Waals surface area contributed by atoms with E-state index in [1.807, 2.05) is 17.0 Å². The van der Waals surface area contributed by atoms with Crippen LogP contribution in [0.4, 0.5) is 10.1 Å². The first-order chi connectivity index (χ1) is 13.4. The number of hydrogen-bond donors (Lipinski definition) is 2. The lowest BCUT2D eigenvalue weighted by Gasteiger charge is -2.30. The number of benzene rings is 1. The predicted octanol–water partition coefficient (Wildman–Crippen LogP) is 2.45. The SMILES string of the molecule is CN=C(NCCN(C(C)C)C(C)C)NCc1ccc(N2CCOCC2)c(F)c1. The van der Waals surface area contributed by atoms with Gasteiger partial charge in [0.25, 0.3) is 0 Å².